The summed E-state index contributed by atoms with van der Waals surface area (Å²) in [5.74, 6) is -0.0635. The molecule has 0 bridgehead atoms. The van der Waals surface area contributed by atoms with Crippen LogP contribution in [0.25, 0.3) is 0 Å². The number of amides is 1. The number of carbonyl (C=O) groups excluding carboxylic acids is 1. The molecule has 1 saturated heterocycles. The molecular formula is C10H18F2N2O. The van der Waals surface area contributed by atoms with Crippen molar-refractivity contribution in [1.29, 1.82) is 0 Å². The van der Waals surface area contributed by atoms with Gasteiger partial charge in [-0.15, -0.1) is 0 Å². The SMILES string of the molecule is CCC1NC(C(C)C)C(=O)N1CC(F)F. The lowest BCUT2D eigenvalue weighted by molar-refractivity contribution is -0.132. The van der Waals surface area contributed by atoms with Gasteiger partial charge >= 0.3 is 0 Å². The van der Waals surface area contributed by atoms with Crippen molar-refractivity contribution in [2.45, 2.75) is 45.8 Å². The van der Waals surface area contributed by atoms with Crippen molar-refractivity contribution in [3.63, 3.8) is 0 Å². The fraction of sp³-hybridized carbons (Fsp3) is 0.900. The maximum Gasteiger partial charge on any atom is 0.255 e. The predicted molar refractivity (Wildman–Crippen MR) is 53.6 cm³/mol. The molecule has 1 heterocycles. The summed E-state index contributed by atoms with van der Waals surface area (Å²) in [6, 6.07) is -0.311. The number of halogens is 2. The quantitative estimate of drug-likeness (QED) is 0.777. The van der Waals surface area contributed by atoms with Gasteiger partial charge in [0.15, 0.2) is 0 Å². The van der Waals surface area contributed by atoms with Crippen LogP contribution in [0.5, 0.6) is 0 Å². The Morgan fingerprint density at radius 3 is 2.47 bits per heavy atom. The lowest BCUT2D eigenvalue weighted by Crippen LogP contribution is -2.39. The lowest BCUT2D eigenvalue weighted by atomic mass is 10.1. The van der Waals surface area contributed by atoms with Crippen LogP contribution in [0.4, 0.5) is 8.78 Å². The first-order chi connectivity index (χ1) is 6.97. The van der Waals surface area contributed by atoms with E-state index in [1.807, 2.05) is 20.8 Å². The Morgan fingerprint density at radius 2 is 2.07 bits per heavy atom. The summed E-state index contributed by atoms with van der Waals surface area (Å²) in [7, 11) is 0. The highest BCUT2D eigenvalue weighted by Crippen LogP contribution is 2.19. The molecule has 0 radical (unpaired) electrons. The molecule has 0 aliphatic carbocycles. The molecule has 1 rings (SSSR count). The van der Waals surface area contributed by atoms with E-state index in [1.165, 1.54) is 4.90 Å². The Labute approximate surface area is 88.8 Å². The van der Waals surface area contributed by atoms with Gasteiger partial charge < -0.3 is 4.90 Å². The normalized spacial score (nSPS) is 27.1. The molecule has 15 heavy (non-hydrogen) atoms. The monoisotopic (exact) mass is 220 g/mol. The van der Waals surface area contributed by atoms with Crippen molar-refractivity contribution in [1.82, 2.24) is 10.2 Å². The van der Waals surface area contributed by atoms with Gasteiger partial charge in [-0.2, -0.15) is 0 Å². The van der Waals surface area contributed by atoms with Crippen LogP contribution >= 0.6 is 0 Å². The van der Waals surface area contributed by atoms with E-state index in [0.29, 0.717) is 6.42 Å². The number of nitrogens with zero attached hydrogens (tertiary/aromatic N) is 1. The highest BCUT2D eigenvalue weighted by molar-refractivity contribution is 5.84. The van der Waals surface area contributed by atoms with Crippen LogP contribution in [0.3, 0.4) is 0 Å². The van der Waals surface area contributed by atoms with E-state index in [1.54, 1.807) is 0 Å². The summed E-state index contributed by atoms with van der Waals surface area (Å²) >= 11 is 0. The standard InChI is InChI=1S/C10H18F2N2O/c1-4-8-13-9(6(2)3)10(15)14(8)5-7(11)12/h6-9,13H,4-5H2,1-3H3. The van der Waals surface area contributed by atoms with Crippen molar-refractivity contribution in [2.24, 2.45) is 5.92 Å². The molecule has 1 aliphatic heterocycles. The van der Waals surface area contributed by atoms with E-state index in [2.05, 4.69) is 5.32 Å². The number of hydrogen-bond donors (Lipinski definition) is 1. The molecule has 1 aliphatic rings. The van der Waals surface area contributed by atoms with Crippen molar-refractivity contribution < 1.29 is 13.6 Å². The van der Waals surface area contributed by atoms with Gasteiger partial charge in [0, 0.05) is 0 Å². The van der Waals surface area contributed by atoms with E-state index in [4.69, 9.17) is 0 Å². The highest BCUT2D eigenvalue weighted by Gasteiger charge is 2.40. The van der Waals surface area contributed by atoms with Gasteiger partial charge in [0.2, 0.25) is 5.91 Å². The zero-order chi connectivity index (χ0) is 11.6. The van der Waals surface area contributed by atoms with Gasteiger partial charge in [-0.3, -0.25) is 10.1 Å². The third kappa shape index (κ3) is 2.65. The average Bonchev–Trinajstić information content (AvgIpc) is 2.43. The number of hydrogen-bond acceptors (Lipinski definition) is 2. The van der Waals surface area contributed by atoms with E-state index >= 15 is 0 Å². The zero-order valence-electron chi connectivity index (χ0n) is 9.34. The van der Waals surface area contributed by atoms with Crippen molar-refractivity contribution in [3.05, 3.63) is 0 Å². The predicted octanol–water partition coefficient (Wildman–Crippen LogP) is 1.44. The van der Waals surface area contributed by atoms with Gasteiger partial charge in [0.1, 0.15) is 0 Å². The summed E-state index contributed by atoms with van der Waals surface area (Å²) in [5.41, 5.74) is 0. The summed E-state index contributed by atoms with van der Waals surface area (Å²) in [5, 5.41) is 3.09. The first-order valence-corrected chi connectivity index (χ1v) is 5.32. The molecule has 1 N–H and O–H groups in total. The molecule has 1 amide bonds. The Hall–Kier alpha value is -0.710. The minimum atomic E-state index is -2.46. The molecule has 0 aromatic heterocycles. The summed E-state index contributed by atoms with van der Waals surface area (Å²) in [6.45, 7) is 5.24. The van der Waals surface area contributed by atoms with Crippen LogP contribution in [-0.2, 0) is 4.79 Å². The van der Waals surface area contributed by atoms with Crippen LogP contribution in [0.1, 0.15) is 27.2 Å². The molecule has 0 aromatic carbocycles. The van der Waals surface area contributed by atoms with E-state index in [-0.39, 0.29) is 24.0 Å². The second-order valence-electron chi connectivity index (χ2n) is 4.19. The molecule has 2 unspecified atom stereocenters. The van der Waals surface area contributed by atoms with Crippen LogP contribution in [0.15, 0.2) is 0 Å². The topological polar surface area (TPSA) is 32.3 Å². The van der Waals surface area contributed by atoms with Gasteiger partial charge in [0.25, 0.3) is 6.43 Å². The molecule has 1 fully saturated rings. The maximum absolute atomic E-state index is 12.3. The molecule has 88 valence electrons. The van der Waals surface area contributed by atoms with Crippen molar-refractivity contribution in [3.8, 4) is 0 Å². The summed E-state index contributed by atoms with van der Waals surface area (Å²) in [4.78, 5) is 13.0. The zero-order valence-corrected chi connectivity index (χ0v) is 9.34. The molecule has 0 aromatic rings. The highest BCUT2D eigenvalue weighted by atomic mass is 19.3. The molecule has 3 nitrogen and oxygen atoms in total. The molecule has 0 saturated carbocycles. The van der Waals surface area contributed by atoms with Crippen molar-refractivity contribution >= 4 is 5.91 Å². The first-order valence-electron chi connectivity index (χ1n) is 5.32. The minimum absolute atomic E-state index is 0.134. The average molecular weight is 220 g/mol. The van der Waals surface area contributed by atoms with Crippen molar-refractivity contribution in [2.75, 3.05) is 6.54 Å². The van der Waals surface area contributed by atoms with Crippen LogP contribution in [0, 0.1) is 5.92 Å². The number of carbonyl (C=O) groups is 1. The molecule has 0 spiro atoms. The molecular weight excluding hydrogens is 202 g/mol. The Kier molecular flexibility index (Phi) is 4.02. The summed E-state index contributed by atoms with van der Waals surface area (Å²) < 4.78 is 24.6. The lowest BCUT2D eigenvalue weighted by Gasteiger charge is -2.22. The first kappa shape index (κ1) is 12.4. The second-order valence-corrected chi connectivity index (χ2v) is 4.19. The summed E-state index contributed by atoms with van der Waals surface area (Å²) in [6.07, 6.45) is -2.04. The molecule has 5 heteroatoms. The third-order valence-electron chi connectivity index (χ3n) is 2.69. The smallest absolute Gasteiger partial charge is 0.255 e. The number of alkyl halides is 2. The van der Waals surface area contributed by atoms with Gasteiger partial charge in [-0.05, 0) is 12.3 Å². The van der Waals surface area contributed by atoms with Crippen LogP contribution < -0.4 is 5.32 Å². The number of nitrogens with one attached hydrogen (secondary N) is 1. The van der Waals surface area contributed by atoms with Gasteiger partial charge in [-0.1, -0.05) is 20.8 Å². The number of rotatable bonds is 4. The van der Waals surface area contributed by atoms with E-state index < -0.39 is 13.0 Å². The Bertz CT molecular complexity index is 233. The maximum atomic E-state index is 12.3. The van der Waals surface area contributed by atoms with Crippen LogP contribution in [0.2, 0.25) is 0 Å². The fourth-order valence-electron chi connectivity index (χ4n) is 1.88. The van der Waals surface area contributed by atoms with Gasteiger partial charge in [-0.25, -0.2) is 8.78 Å². The van der Waals surface area contributed by atoms with Gasteiger partial charge in [0.05, 0.1) is 18.8 Å². The Balaban J connectivity index is 2.72. The largest absolute Gasteiger partial charge is 0.320 e. The Morgan fingerprint density at radius 1 is 1.47 bits per heavy atom. The molecule has 2 atom stereocenters. The fourth-order valence-corrected chi connectivity index (χ4v) is 1.88. The van der Waals surface area contributed by atoms with E-state index in [9.17, 15) is 13.6 Å². The third-order valence-corrected chi connectivity index (χ3v) is 2.69. The minimum Gasteiger partial charge on any atom is -0.320 e. The van der Waals surface area contributed by atoms with E-state index in [0.717, 1.165) is 0 Å². The van der Waals surface area contributed by atoms with Crippen LogP contribution in [-0.4, -0.2) is 36.0 Å². The second kappa shape index (κ2) is 4.88.